The van der Waals surface area contributed by atoms with Gasteiger partial charge in [0.1, 0.15) is 16.7 Å². The lowest BCUT2D eigenvalue weighted by Gasteiger charge is -2.29. The molecule has 8 heteroatoms. The number of nitrogens with zero attached hydrogens (tertiary/aromatic N) is 2. The van der Waals surface area contributed by atoms with Crippen molar-refractivity contribution in [2.75, 3.05) is 44.1 Å². The number of methoxy groups -OCH3 is 1. The van der Waals surface area contributed by atoms with E-state index < -0.39 is 0 Å². The molecular weight excluding hydrogens is 393 g/mol. The first kappa shape index (κ1) is 21.5. The highest BCUT2D eigenvalue weighted by Gasteiger charge is 2.22. The number of hydrogen-bond acceptors (Lipinski definition) is 6. The van der Waals surface area contributed by atoms with Gasteiger partial charge in [-0.1, -0.05) is 19.1 Å². The van der Waals surface area contributed by atoms with Gasteiger partial charge in [-0.2, -0.15) is 0 Å². The van der Waals surface area contributed by atoms with Gasteiger partial charge < -0.3 is 19.7 Å². The van der Waals surface area contributed by atoms with Crippen LogP contribution in [0.3, 0.4) is 0 Å². The van der Waals surface area contributed by atoms with E-state index in [2.05, 4.69) is 10.2 Å². The molecule has 1 N–H and O–H groups in total. The number of benzene rings is 1. The highest BCUT2D eigenvalue weighted by Crippen LogP contribution is 2.29. The van der Waals surface area contributed by atoms with E-state index in [9.17, 15) is 9.18 Å². The van der Waals surface area contributed by atoms with Gasteiger partial charge in [0, 0.05) is 26.7 Å². The van der Waals surface area contributed by atoms with Crippen molar-refractivity contribution in [1.82, 2.24) is 10.3 Å². The molecule has 0 aliphatic carbocycles. The molecule has 1 aromatic heterocycles. The lowest BCUT2D eigenvalue weighted by Crippen LogP contribution is -2.37. The Hall–Kier alpha value is -2.16. The van der Waals surface area contributed by atoms with Crippen LogP contribution in [0.15, 0.2) is 35.4 Å². The molecule has 0 bridgehead atoms. The first-order chi connectivity index (χ1) is 14.1. The number of thioether (sulfide) groups is 1. The SMILES string of the molecule is CCSc1nc(N2CCOCC2)cc(COC)c1C(=O)NCc1cccc(F)c1. The van der Waals surface area contributed by atoms with E-state index in [1.165, 1.54) is 23.9 Å². The maximum atomic E-state index is 13.4. The third-order valence-electron chi connectivity index (χ3n) is 4.54. The number of ether oxygens (including phenoxy) is 2. The summed E-state index contributed by atoms with van der Waals surface area (Å²) in [6, 6.07) is 8.13. The number of amides is 1. The van der Waals surface area contributed by atoms with E-state index in [0.717, 1.165) is 30.2 Å². The van der Waals surface area contributed by atoms with Gasteiger partial charge in [0.2, 0.25) is 0 Å². The molecule has 6 nitrogen and oxygen atoms in total. The predicted octanol–water partition coefficient (Wildman–Crippen LogP) is 3.25. The van der Waals surface area contributed by atoms with E-state index in [1.54, 1.807) is 19.2 Å². The average Bonchev–Trinajstić information content (AvgIpc) is 2.73. The first-order valence-electron chi connectivity index (χ1n) is 9.63. The summed E-state index contributed by atoms with van der Waals surface area (Å²) in [4.78, 5) is 20.0. The zero-order chi connectivity index (χ0) is 20.6. The first-order valence-corrected chi connectivity index (χ1v) is 10.6. The predicted molar refractivity (Wildman–Crippen MR) is 112 cm³/mol. The Morgan fingerprint density at radius 3 is 2.83 bits per heavy atom. The van der Waals surface area contributed by atoms with Gasteiger partial charge in [-0.3, -0.25) is 4.79 Å². The maximum Gasteiger partial charge on any atom is 0.254 e. The second kappa shape index (κ2) is 10.6. The number of nitrogens with one attached hydrogen (secondary N) is 1. The second-order valence-electron chi connectivity index (χ2n) is 6.60. The zero-order valence-electron chi connectivity index (χ0n) is 16.7. The van der Waals surface area contributed by atoms with Crippen molar-refractivity contribution in [3.8, 4) is 0 Å². The minimum Gasteiger partial charge on any atom is -0.380 e. The molecule has 1 aliphatic rings. The normalized spacial score (nSPS) is 14.1. The molecule has 0 atom stereocenters. The van der Waals surface area contributed by atoms with E-state index in [4.69, 9.17) is 14.5 Å². The van der Waals surface area contributed by atoms with Gasteiger partial charge >= 0.3 is 0 Å². The van der Waals surface area contributed by atoms with Gasteiger partial charge in [0.25, 0.3) is 5.91 Å². The third-order valence-corrected chi connectivity index (χ3v) is 5.40. The van der Waals surface area contributed by atoms with Crippen LogP contribution in [0.25, 0.3) is 0 Å². The van der Waals surface area contributed by atoms with Crippen LogP contribution in [0, 0.1) is 5.82 Å². The molecule has 2 aromatic rings. The molecule has 1 saturated heterocycles. The number of carbonyl (C=O) groups excluding carboxylic acids is 1. The second-order valence-corrected chi connectivity index (χ2v) is 7.85. The lowest BCUT2D eigenvalue weighted by atomic mass is 10.1. The van der Waals surface area contributed by atoms with Crippen LogP contribution in [-0.2, 0) is 22.6 Å². The summed E-state index contributed by atoms with van der Waals surface area (Å²) < 4.78 is 24.2. The molecule has 156 valence electrons. The van der Waals surface area contributed by atoms with E-state index in [0.29, 0.717) is 36.0 Å². The summed E-state index contributed by atoms with van der Waals surface area (Å²) in [6.07, 6.45) is 0. The minimum atomic E-state index is -0.324. The van der Waals surface area contributed by atoms with Crippen LogP contribution in [0.1, 0.15) is 28.4 Å². The molecule has 1 aromatic carbocycles. The van der Waals surface area contributed by atoms with E-state index in [-0.39, 0.29) is 18.3 Å². The summed E-state index contributed by atoms with van der Waals surface area (Å²) in [5.41, 5.74) is 2.01. The molecule has 2 heterocycles. The summed E-state index contributed by atoms with van der Waals surface area (Å²) >= 11 is 1.53. The Morgan fingerprint density at radius 2 is 2.14 bits per heavy atom. The Labute approximate surface area is 174 Å². The molecule has 1 amide bonds. The molecule has 1 aliphatic heterocycles. The monoisotopic (exact) mass is 419 g/mol. The molecule has 29 heavy (non-hydrogen) atoms. The molecule has 0 radical (unpaired) electrons. The summed E-state index contributed by atoms with van der Waals surface area (Å²) in [5, 5.41) is 3.57. The molecule has 0 saturated carbocycles. The molecule has 0 unspecified atom stereocenters. The quantitative estimate of drug-likeness (QED) is 0.663. The van der Waals surface area contributed by atoms with Crippen molar-refractivity contribution in [3.63, 3.8) is 0 Å². The van der Waals surface area contributed by atoms with Crippen LogP contribution < -0.4 is 10.2 Å². The number of hydrogen-bond donors (Lipinski definition) is 1. The van der Waals surface area contributed by atoms with Crippen molar-refractivity contribution in [3.05, 3.63) is 52.8 Å². The van der Waals surface area contributed by atoms with Gasteiger partial charge in [0.05, 0.1) is 25.4 Å². The fourth-order valence-corrected chi connectivity index (χ4v) is 3.98. The Balaban J connectivity index is 1.88. The third kappa shape index (κ3) is 5.68. The smallest absolute Gasteiger partial charge is 0.254 e. The summed E-state index contributed by atoms with van der Waals surface area (Å²) in [6.45, 7) is 5.42. The van der Waals surface area contributed by atoms with Crippen LogP contribution >= 0.6 is 11.8 Å². The lowest BCUT2D eigenvalue weighted by molar-refractivity contribution is 0.0941. The van der Waals surface area contributed by atoms with Gasteiger partial charge in [-0.05, 0) is 35.1 Å². The standard InChI is InChI=1S/C21H26FN3O3S/c1-3-29-21-19(20(26)23-13-15-5-4-6-17(22)11-15)16(14-27-2)12-18(24-21)25-7-9-28-10-8-25/h4-6,11-12H,3,7-10,13-14H2,1-2H3,(H,23,26). The van der Waals surface area contributed by atoms with E-state index in [1.807, 2.05) is 13.0 Å². The minimum absolute atomic E-state index is 0.238. The largest absolute Gasteiger partial charge is 0.380 e. The molecule has 1 fully saturated rings. The van der Waals surface area contributed by atoms with Crippen LogP contribution in [-0.4, -0.2) is 50.1 Å². The Morgan fingerprint density at radius 1 is 1.34 bits per heavy atom. The number of carbonyl (C=O) groups is 1. The maximum absolute atomic E-state index is 13.4. The average molecular weight is 420 g/mol. The van der Waals surface area contributed by atoms with Crippen molar-refractivity contribution in [2.45, 2.75) is 25.1 Å². The van der Waals surface area contributed by atoms with Crippen molar-refractivity contribution in [1.29, 1.82) is 0 Å². The fourth-order valence-electron chi connectivity index (χ4n) is 3.18. The van der Waals surface area contributed by atoms with Crippen LogP contribution in [0.2, 0.25) is 0 Å². The van der Waals surface area contributed by atoms with Gasteiger partial charge in [-0.25, -0.2) is 9.37 Å². The Kier molecular flexibility index (Phi) is 7.85. The highest BCUT2D eigenvalue weighted by atomic mass is 32.2. The zero-order valence-corrected chi connectivity index (χ0v) is 17.6. The topological polar surface area (TPSA) is 63.7 Å². The molecule has 0 spiro atoms. The Bertz CT molecular complexity index is 817. The van der Waals surface area contributed by atoms with Gasteiger partial charge in [-0.15, -0.1) is 11.8 Å². The number of anilines is 1. The fraction of sp³-hybridized carbons (Fsp3) is 0.429. The summed E-state index contributed by atoms with van der Waals surface area (Å²) in [5.74, 6) is 1.06. The highest BCUT2D eigenvalue weighted by molar-refractivity contribution is 7.99. The van der Waals surface area contributed by atoms with Crippen molar-refractivity contribution < 1.29 is 18.7 Å². The number of aromatic nitrogens is 1. The summed E-state index contributed by atoms with van der Waals surface area (Å²) in [7, 11) is 1.61. The van der Waals surface area contributed by atoms with Crippen molar-refractivity contribution >= 4 is 23.5 Å². The number of morpholine rings is 1. The van der Waals surface area contributed by atoms with Crippen LogP contribution in [0.4, 0.5) is 10.2 Å². The number of halogens is 1. The molecule has 3 rings (SSSR count). The van der Waals surface area contributed by atoms with Crippen molar-refractivity contribution in [2.24, 2.45) is 0 Å². The molecular formula is C21H26FN3O3S. The van der Waals surface area contributed by atoms with Crippen LogP contribution in [0.5, 0.6) is 0 Å². The van der Waals surface area contributed by atoms with Gasteiger partial charge in [0.15, 0.2) is 0 Å². The van der Waals surface area contributed by atoms with E-state index >= 15 is 0 Å². The number of rotatable bonds is 8. The number of pyridine rings is 1.